The monoisotopic (exact) mass is 532 g/mol. The van der Waals surface area contributed by atoms with Crippen LogP contribution in [0.1, 0.15) is 48.0 Å². The summed E-state index contributed by atoms with van der Waals surface area (Å²) in [5.74, 6) is -0.195. The molecule has 3 rings (SSSR count). The first-order chi connectivity index (χ1) is 12.8. The predicted molar refractivity (Wildman–Crippen MR) is 114 cm³/mol. The first-order valence-electron chi connectivity index (χ1n) is 9.53. The number of quaternary nitrogens is 1. The molecule has 0 atom stereocenters. The maximum atomic E-state index is 12.4. The van der Waals surface area contributed by atoms with Crippen LogP contribution in [0, 0.1) is 0 Å². The fourth-order valence-corrected chi connectivity index (χ4v) is 4.21. The van der Waals surface area contributed by atoms with E-state index in [1.54, 1.807) is 18.2 Å². The number of nitrogens with zero attached hydrogens (tertiary/aromatic N) is 1. The molecule has 152 valence electrons. The first kappa shape index (κ1) is 23.5. The third-order valence-corrected chi connectivity index (χ3v) is 6.29. The molecule has 2 aromatic carbocycles. The lowest BCUT2D eigenvalue weighted by atomic mass is 9.92. The summed E-state index contributed by atoms with van der Waals surface area (Å²) >= 11 is 11.9. The van der Waals surface area contributed by atoms with E-state index >= 15 is 0 Å². The summed E-state index contributed by atoms with van der Waals surface area (Å²) in [6, 6.07) is 13.8. The Bertz CT molecular complexity index is 803. The van der Waals surface area contributed by atoms with Crippen molar-refractivity contribution >= 4 is 34.8 Å². The number of hydrogen-bond donors (Lipinski definition) is 1. The van der Waals surface area contributed by atoms with Crippen molar-refractivity contribution < 1.29 is 33.3 Å². The highest BCUT2D eigenvalue weighted by molar-refractivity contribution is 6.42. The predicted octanol–water partition coefficient (Wildman–Crippen LogP) is 3.16. The second kappa shape index (κ2) is 10.3. The minimum absolute atomic E-state index is 0. The zero-order valence-electron chi connectivity index (χ0n) is 16.4. The lowest BCUT2D eigenvalue weighted by Gasteiger charge is -2.40. The number of halogens is 3. The van der Waals surface area contributed by atoms with Gasteiger partial charge in [0.2, 0.25) is 0 Å². The van der Waals surface area contributed by atoms with E-state index in [-0.39, 0.29) is 29.9 Å². The normalized spacial score (nSPS) is 15.0. The summed E-state index contributed by atoms with van der Waals surface area (Å²) in [5, 5.41) is 3.73. The van der Waals surface area contributed by atoms with E-state index in [0.717, 1.165) is 22.8 Å². The van der Waals surface area contributed by atoms with E-state index in [1.165, 1.54) is 37.7 Å². The van der Waals surface area contributed by atoms with Crippen molar-refractivity contribution in [2.24, 2.45) is 0 Å². The van der Waals surface area contributed by atoms with Crippen LogP contribution in [0.2, 0.25) is 10.0 Å². The summed E-state index contributed by atoms with van der Waals surface area (Å²) in [6.45, 7) is 1.01. The van der Waals surface area contributed by atoms with Crippen molar-refractivity contribution in [3.8, 4) is 0 Å². The average Bonchev–Trinajstić information content (AvgIpc) is 2.66. The molecule has 0 aliphatic heterocycles. The molecule has 1 aliphatic rings. The molecule has 0 aromatic heterocycles. The van der Waals surface area contributed by atoms with Crippen molar-refractivity contribution in [1.82, 2.24) is 0 Å². The SMILES string of the molecule is C[N+](C)(Cc1ccc(NC(=O)c2ccc(Cl)c(Cl)c2)cc1)C1CCCCC1.[I-]. The lowest BCUT2D eigenvalue weighted by Crippen LogP contribution is -3.00. The van der Waals surface area contributed by atoms with Gasteiger partial charge in [0.15, 0.2) is 0 Å². The molecule has 0 bridgehead atoms. The molecule has 1 N–H and O–H groups in total. The van der Waals surface area contributed by atoms with E-state index in [9.17, 15) is 4.79 Å². The summed E-state index contributed by atoms with van der Waals surface area (Å²) in [6.07, 6.45) is 6.73. The Kier molecular flexibility index (Phi) is 8.61. The molecule has 2 aromatic rings. The van der Waals surface area contributed by atoms with Crippen molar-refractivity contribution in [3.05, 3.63) is 63.6 Å². The molecule has 6 heteroatoms. The van der Waals surface area contributed by atoms with Gasteiger partial charge >= 0.3 is 0 Å². The number of hydrogen-bond acceptors (Lipinski definition) is 1. The second-order valence-electron chi connectivity index (χ2n) is 8.01. The summed E-state index contributed by atoms with van der Waals surface area (Å²) in [4.78, 5) is 12.4. The summed E-state index contributed by atoms with van der Waals surface area (Å²) in [7, 11) is 4.66. The van der Waals surface area contributed by atoms with Crippen molar-refractivity contribution in [3.63, 3.8) is 0 Å². The van der Waals surface area contributed by atoms with Crippen LogP contribution in [0.4, 0.5) is 5.69 Å². The van der Waals surface area contributed by atoms with Gasteiger partial charge in [0.05, 0.1) is 30.2 Å². The maximum absolute atomic E-state index is 12.4. The molecule has 0 spiro atoms. The number of carbonyl (C=O) groups is 1. The van der Waals surface area contributed by atoms with Crippen LogP contribution >= 0.6 is 23.2 Å². The van der Waals surface area contributed by atoms with Crippen LogP contribution in [0.3, 0.4) is 0 Å². The first-order valence-corrected chi connectivity index (χ1v) is 10.3. The number of amides is 1. The van der Waals surface area contributed by atoms with E-state index in [2.05, 4.69) is 31.5 Å². The van der Waals surface area contributed by atoms with E-state index in [4.69, 9.17) is 23.2 Å². The van der Waals surface area contributed by atoms with Gasteiger partial charge in [0, 0.05) is 16.8 Å². The van der Waals surface area contributed by atoms with Crippen LogP contribution in [-0.2, 0) is 6.54 Å². The average molecular weight is 533 g/mol. The Hall–Kier alpha value is -0.820. The van der Waals surface area contributed by atoms with Crippen molar-refractivity contribution in [1.29, 1.82) is 0 Å². The van der Waals surface area contributed by atoms with Gasteiger partial charge in [0.25, 0.3) is 5.91 Å². The van der Waals surface area contributed by atoms with E-state index < -0.39 is 0 Å². The maximum Gasteiger partial charge on any atom is 0.255 e. The summed E-state index contributed by atoms with van der Waals surface area (Å²) in [5.41, 5.74) is 2.56. The van der Waals surface area contributed by atoms with Crippen LogP contribution in [0.15, 0.2) is 42.5 Å². The molecule has 0 radical (unpaired) electrons. The molecule has 1 aliphatic carbocycles. The van der Waals surface area contributed by atoms with Crippen LogP contribution in [0.5, 0.6) is 0 Å². The van der Waals surface area contributed by atoms with Crippen LogP contribution < -0.4 is 29.3 Å². The van der Waals surface area contributed by atoms with Gasteiger partial charge in [-0.2, -0.15) is 0 Å². The molecule has 0 saturated heterocycles. The van der Waals surface area contributed by atoms with Gasteiger partial charge in [-0.3, -0.25) is 4.79 Å². The van der Waals surface area contributed by atoms with Crippen molar-refractivity contribution in [2.45, 2.75) is 44.7 Å². The Morgan fingerprint density at radius 3 is 2.25 bits per heavy atom. The number of anilines is 1. The second-order valence-corrected chi connectivity index (χ2v) is 8.82. The molecule has 1 saturated carbocycles. The standard InChI is InChI=1S/C22H26Cl2N2O.HI/c1-26(2,19-6-4-3-5-7-19)15-16-8-11-18(12-9-16)25-22(27)17-10-13-20(23)21(24)14-17;/h8-14,19H,3-7,15H2,1-2H3;1H. The topological polar surface area (TPSA) is 29.1 Å². The van der Waals surface area contributed by atoms with Gasteiger partial charge in [-0.1, -0.05) is 41.8 Å². The zero-order valence-corrected chi connectivity index (χ0v) is 20.0. The molecule has 28 heavy (non-hydrogen) atoms. The molecule has 3 nitrogen and oxygen atoms in total. The molecule has 1 fully saturated rings. The molecular weight excluding hydrogens is 506 g/mol. The Balaban J connectivity index is 0.00000280. The minimum atomic E-state index is -0.195. The third kappa shape index (κ3) is 6.09. The Labute approximate surface area is 195 Å². The number of rotatable bonds is 5. The lowest BCUT2D eigenvalue weighted by molar-refractivity contribution is -0.929. The molecule has 0 heterocycles. The van der Waals surface area contributed by atoms with Gasteiger partial charge in [0.1, 0.15) is 6.54 Å². The number of benzene rings is 2. The fourth-order valence-electron chi connectivity index (χ4n) is 3.91. The molecular formula is C22H27Cl2IN2O. The Morgan fingerprint density at radius 2 is 1.64 bits per heavy atom. The van der Waals surface area contributed by atoms with Crippen LogP contribution in [0.25, 0.3) is 0 Å². The van der Waals surface area contributed by atoms with Gasteiger partial charge in [-0.15, -0.1) is 0 Å². The molecule has 1 amide bonds. The number of carbonyl (C=O) groups excluding carboxylic acids is 1. The largest absolute Gasteiger partial charge is 1.00 e. The highest BCUT2D eigenvalue weighted by atomic mass is 127. The van der Waals surface area contributed by atoms with E-state index in [0.29, 0.717) is 15.6 Å². The molecule has 0 unspecified atom stereocenters. The fraction of sp³-hybridized carbons (Fsp3) is 0.409. The van der Waals surface area contributed by atoms with E-state index in [1.807, 2.05) is 12.1 Å². The van der Waals surface area contributed by atoms with Gasteiger partial charge < -0.3 is 33.8 Å². The Morgan fingerprint density at radius 1 is 1.00 bits per heavy atom. The minimum Gasteiger partial charge on any atom is -1.00 e. The highest BCUT2D eigenvalue weighted by Gasteiger charge is 2.29. The smallest absolute Gasteiger partial charge is 0.255 e. The quantitative estimate of drug-likeness (QED) is 0.465. The summed E-state index contributed by atoms with van der Waals surface area (Å²) < 4.78 is 1.02. The van der Waals surface area contributed by atoms with Gasteiger partial charge in [-0.05, 0) is 56.0 Å². The van der Waals surface area contributed by atoms with Gasteiger partial charge in [-0.25, -0.2) is 0 Å². The van der Waals surface area contributed by atoms with Crippen LogP contribution in [-0.4, -0.2) is 30.5 Å². The third-order valence-electron chi connectivity index (χ3n) is 5.55. The highest BCUT2D eigenvalue weighted by Crippen LogP contribution is 2.28. The number of nitrogens with one attached hydrogen (secondary N) is 1. The van der Waals surface area contributed by atoms with Crippen molar-refractivity contribution in [2.75, 3.05) is 19.4 Å². The zero-order chi connectivity index (χ0) is 19.4.